The predicted molar refractivity (Wildman–Crippen MR) is 107 cm³/mol. The van der Waals surface area contributed by atoms with Crippen molar-refractivity contribution in [1.29, 1.82) is 0 Å². The van der Waals surface area contributed by atoms with Crippen LogP contribution in [0.25, 0.3) is 21.3 Å². The van der Waals surface area contributed by atoms with Crippen LogP contribution in [0.15, 0.2) is 53.9 Å². The smallest absolute Gasteiger partial charge is 0.225 e. The molecule has 0 aliphatic rings. The first-order valence-electron chi connectivity index (χ1n) is 7.64. The number of nitrogens with zero attached hydrogens (tertiary/aromatic N) is 2. The van der Waals surface area contributed by atoms with E-state index in [9.17, 15) is 0 Å². The summed E-state index contributed by atoms with van der Waals surface area (Å²) >= 11 is 13.8. The molecule has 2 aromatic carbocycles. The summed E-state index contributed by atoms with van der Waals surface area (Å²) in [4.78, 5) is 9.62. The first-order valence-corrected chi connectivity index (χ1v) is 9.28. The molecule has 4 rings (SSSR count). The van der Waals surface area contributed by atoms with Crippen molar-refractivity contribution in [3.05, 3.63) is 69.8 Å². The number of benzene rings is 2. The highest BCUT2D eigenvalue weighted by atomic mass is 35.5. The second kappa shape index (κ2) is 6.64. The second-order valence-electron chi connectivity index (χ2n) is 5.67. The average molecular weight is 386 g/mol. The normalized spacial score (nSPS) is 11.0. The van der Waals surface area contributed by atoms with Crippen LogP contribution in [0.1, 0.15) is 5.56 Å². The zero-order chi connectivity index (χ0) is 17.4. The van der Waals surface area contributed by atoms with Crippen LogP contribution in [-0.4, -0.2) is 9.97 Å². The van der Waals surface area contributed by atoms with Crippen molar-refractivity contribution in [3.8, 4) is 11.1 Å². The molecule has 0 atom stereocenters. The maximum atomic E-state index is 6.12. The van der Waals surface area contributed by atoms with Crippen molar-refractivity contribution in [3.63, 3.8) is 0 Å². The standard InChI is InChI=1S/C19H13Cl2N3S/c1-11-5-7-12(8-6-11)15-10-25-18-16(15)17(23-19(21)24-18)22-14-4-2-3-13(20)9-14/h2-10H,1H3,(H,22,23,24). The zero-order valence-corrected chi connectivity index (χ0v) is 15.6. The summed E-state index contributed by atoms with van der Waals surface area (Å²) < 4.78 is 0. The first-order chi connectivity index (χ1) is 12.1. The van der Waals surface area contributed by atoms with Gasteiger partial charge in [-0.25, -0.2) is 4.98 Å². The van der Waals surface area contributed by atoms with E-state index in [0.29, 0.717) is 10.8 Å². The number of hydrogen-bond acceptors (Lipinski definition) is 4. The number of halogens is 2. The lowest BCUT2D eigenvalue weighted by Gasteiger charge is -2.09. The number of rotatable bonds is 3. The van der Waals surface area contributed by atoms with Gasteiger partial charge in [-0.15, -0.1) is 11.3 Å². The Kier molecular flexibility index (Phi) is 4.34. The number of anilines is 2. The fourth-order valence-electron chi connectivity index (χ4n) is 2.65. The van der Waals surface area contributed by atoms with Gasteiger partial charge in [-0.05, 0) is 42.3 Å². The molecule has 0 radical (unpaired) electrons. The van der Waals surface area contributed by atoms with Crippen molar-refractivity contribution in [2.24, 2.45) is 0 Å². The summed E-state index contributed by atoms with van der Waals surface area (Å²) in [5.74, 6) is 0.675. The van der Waals surface area contributed by atoms with Crippen molar-refractivity contribution in [2.45, 2.75) is 6.92 Å². The molecule has 0 aliphatic heterocycles. The van der Waals surface area contributed by atoms with Crippen LogP contribution in [0.4, 0.5) is 11.5 Å². The van der Waals surface area contributed by atoms with Crippen LogP contribution in [-0.2, 0) is 0 Å². The van der Waals surface area contributed by atoms with Gasteiger partial charge in [-0.3, -0.25) is 0 Å². The molecule has 2 heterocycles. The molecule has 0 amide bonds. The van der Waals surface area contributed by atoms with Crippen LogP contribution < -0.4 is 5.32 Å². The van der Waals surface area contributed by atoms with Crippen molar-refractivity contribution in [1.82, 2.24) is 9.97 Å². The van der Waals surface area contributed by atoms with Crippen molar-refractivity contribution < 1.29 is 0 Å². The van der Waals surface area contributed by atoms with Gasteiger partial charge in [0.2, 0.25) is 5.28 Å². The lowest BCUT2D eigenvalue weighted by Crippen LogP contribution is -1.96. The number of aryl methyl sites for hydroxylation is 1. The Morgan fingerprint density at radius 2 is 1.80 bits per heavy atom. The summed E-state index contributed by atoms with van der Waals surface area (Å²) in [5.41, 5.74) is 4.28. The topological polar surface area (TPSA) is 37.8 Å². The summed E-state index contributed by atoms with van der Waals surface area (Å²) in [6, 6.07) is 15.9. The van der Waals surface area contributed by atoms with Gasteiger partial charge in [0.05, 0.1) is 5.39 Å². The predicted octanol–water partition coefficient (Wildman–Crippen LogP) is 6.72. The highest BCUT2D eigenvalue weighted by molar-refractivity contribution is 7.17. The Morgan fingerprint density at radius 3 is 2.56 bits per heavy atom. The van der Waals surface area contributed by atoms with E-state index in [4.69, 9.17) is 23.2 Å². The lowest BCUT2D eigenvalue weighted by molar-refractivity contribution is 1.23. The molecule has 0 saturated carbocycles. The number of aromatic nitrogens is 2. The molecule has 4 aromatic rings. The Balaban J connectivity index is 1.88. The molecule has 1 N–H and O–H groups in total. The minimum absolute atomic E-state index is 0.217. The van der Waals surface area contributed by atoms with E-state index in [1.54, 1.807) is 11.3 Å². The molecule has 25 heavy (non-hydrogen) atoms. The fraction of sp³-hybridized carbons (Fsp3) is 0.0526. The van der Waals surface area contributed by atoms with Gasteiger partial charge in [-0.2, -0.15) is 4.98 Å². The van der Waals surface area contributed by atoms with Crippen molar-refractivity contribution >= 4 is 56.3 Å². The zero-order valence-electron chi connectivity index (χ0n) is 13.3. The van der Waals surface area contributed by atoms with E-state index in [-0.39, 0.29) is 5.28 Å². The van der Waals surface area contributed by atoms with E-state index in [0.717, 1.165) is 27.0 Å². The molecule has 3 nitrogen and oxygen atoms in total. The van der Waals surface area contributed by atoms with Gasteiger partial charge in [-0.1, -0.05) is 47.5 Å². The Labute approximate surface area is 159 Å². The molecule has 2 aromatic heterocycles. The van der Waals surface area contributed by atoms with Crippen LogP contribution in [0.3, 0.4) is 0 Å². The average Bonchev–Trinajstić information content (AvgIpc) is 2.99. The van der Waals surface area contributed by atoms with Gasteiger partial charge >= 0.3 is 0 Å². The van der Waals surface area contributed by atoms with Crippen LogP contribution in [0.2, 0.25) is 10.3 Å². The maximum absolute atomic E-state index is 6.12. The lowest BCUT2D eigenvalue weighted by atomic mass is 10.0. The van der Waals surface area contributed by atoms with E-state index in [1.807, 2.05) is 24.3 Å². The third-order valence-electron chi connectivity index (χ3n) is 3.86. The van der Waals surface area contributed by atoms with E-state index in [2.05, 4.69) is 51.9 Å². The molecule has 6 heteroatoms. The van der Waals surface area contributed by atoms with Crippen LogP contribution >= 0.6 is 34.5 Å². The summed E-state index contributed by atoms with van der Waals surface area (Å²) in [7, 11) is 0. The van der Waals surface area contributed by atoms with Crippen LogP contribution in [0.5, 0.6) is 0 Å². The van der Waals surface area contributed by atoms with Crippen molar-refractivity contribution in [2.75, 3.05) is 5.32 Å². The molecular formula is C19H13Cl2N3S. The monoisotopic (exact) mass is 385 g/mol. The number of nitrogens with one attached hydrogen (secondary N) is 1. The second-order valence-corrected chi connectivity index (χ2v) is 7.30. The number of thiophene rings is 1. The highest BCUT2D eigenvalue weighted by Crippen LogP contribution is 2.38. The Morgan fingerprint density at radius 1 is 1.00 bits per heavy atom. The van der Waals surface area contributed by atoms with Gasteiger partial charge in [0.15, 0.2) is 0 Å². The number of fused-ring (bicyclic) bond motifs is 1. The largest absolute Gasteiger partial charge is 0.339 e. The fourth-order valence-corrected chi connectivity index (χ4v) is 4.01. The van der Waals surface area contributed by atoms with Crippen LogP contribution in [0, 0.1) is 6.92 Å². The third kappa shape index (κ3) is 3.33. The minimum atomic E-state index is 0.217. The molecule has 0 fully saturated rings. The molecule has 0 saturated heterocycles. The minimum Gasteiger partial charge on any atom is -0.339 e. The molecule has 0 aliphatic carbocycles. The first kappa shape index (κ1) is 16.3. The van der Waals surface area contributed by atoms with Gasteiger partial charge in [0.1, 0.15) is 10.6 Å². The molecule has 0 unspecified atom stereocenters. The Hall–Kier alpha value is -2.14. The molecule has 0 bridgehead atoms. The maximum Gasteiger partial charge on any atom is 0.225 e. The molecular weight excluding hydrogens is 373 g/mol. The van der Waals surface area contributed by atoms with E-state index < -0.39 is 0 Å². The molecule has 124 valence electrons. The number of hydrogen-bond donors (Lipinski definition) is 1. The quantitative estimate of drug-likeness (QED) is 0.397. The molecule has 0 spiro atoms. The van der Waals surface area contributed by atoms with Gasteiger partial charge < -0.3 is 5.32 Å². The Bertz CT molecular complexity index is 1060. The highest BCUT2D eigenvalue weighted by Gasteiger charge is 2.15. The summed E-state index contributed by atoms with van der Waals surface area (Å²) in [6.45, 7) is 2.07. The summed E-state index contributed by atoms with van der Waals surface area (Å²) in [6.07, 6.45) is 0. The van der Waals surface area contributed by atoms with Gasteiger partial charge in [0, 0.05) is 21.7 Å². The van der Waals surface area contributed by atoms with E-state index >= 15 is 0 Å². The van der Waals surface area contributed by atoms with Gasteiger partial charge in [0.25, 0.3) is 0 Å². The van der Waals surface area contributed by atoms with E-state index in [1.165, 1.54) is 5.56 Å². The summed E-state index contributed by atoms with van der Waals surface area (Å²) in [5, 5.41) is 7.24. The SMILES string of the molecule is Cc1ccc(-c2csc3nc(Cl)nc(Nc4cccc(Cl)c4)c23)cc1. The third-order valence-corrected chi connectivity index (χ3v) is 5.13.